The summed E-state index contributed by atoms with van der Waals surface area (Å²) in [6.07, 6.45) is 4.74. The van der Waals surface area contributed by atoms with E-state index in [9.17, 15) is 4.79 Å². The molecule has 0 saturated carbocycles. The van der Waals surface area contributed by atoms with Crippen LogP contribution in [0.3, 0.4) is 0 Å². The van der Waals surface area contributed by atoms with E-state index >= 15 is 0 Å². The van der Waals surface area contributed by atoms with Crippen molar-refractivity contribution in [3.05, 3.63) is 28.5 Å². The van der Waals surface area contributed by atoms with Crippen LogP contribution in [-0.4, -0.2) is 47.9 Å². The van der Waals surface area contributed by atoms with Crippen LogP contribution in [0.5, 0.6) is 0 Å². The molecule has 2 aliphatic rings. The molecule has 0 aromatic carbocycles. The first-order valence-electron chi connectivity index (χ1n) is 6.36. The van der Waals surface area contributed by atoms with Crippen molar-refractivity contribution in [1.29, 1.82) is 0 Å². The lowest BCUT2D eigenvalue weighted by atomic mass is 10.0. The van der Waals surface area contributed by atoms with Gasteiger partial charge in [-0.3, -0.25) is 9.78 Å². The van der Waals surface area contributed by atoms with Crippen LogP contribution in [0.4, 0.5) is 0 Å². The molecule has 19 heavy (non-hydrogen) atoms. The number of rotatable bonds is 1. The van der Waals surface area contributed by atoms with Crippen molar-refractivity contribution < 1.29 is 14.3 Å². The standard InChI is InChI=1S/C13H15BrN2O3/c14-11-7-10(8-15-9-11)12(17)16-3-1-13(2-4-16)18-5-6-19-13/h7-9H,1-6H2. The minimum Gasteiger partial charge on any atom is -0.347 e. The molecule has 6 heteroatoms. The summed E-state index contributed by atoms with van der Waals surface area (Å²) in [5.74, 6) is -0.423. The van der Waals surface area contributed by atoms with E-state index < -0.39 is 5.79 Å². The Balaban J connectivity index is 1.66. The summed E-state index contributed by atoms with van der Waals surface area (Å²) in [4.78, 5) is 18.2. The molecule has 2 aliphatic heterocycles. The van der Waals surface area contributed by atoms with Gasteiger partial charge in [0.2, 0.25) is 0 Å². The highest BCUT2D eigenvalue weighted by Gasteiger charge is 2.40. The fourth-order valence-corrected chi connectivity index (χ4v) is 2.91. The van der Waals surface area contributed by atoms with E-state index in [1.807, 2.05) is 4.90 Å². The summed E-state index contributed by atoms with van der Waals surface area (Å²) >= 11 is 3.33. The number of pyridine rings is 1. The Morgan fingerprint density at radius 3 is 2.58 bits per heavy atom. The predicted molar refractivity (Wildman–Crippen MR) is 71.7 cm³/mol. The highest BCUT2D eigenvalue weighted by atomic mass is 79.9. The van der Waals surface area contributed by atoms with Crippen molar-refractivity contribution in [3.63, 3.8) is 0 Å². The first kappa shape index (κ1) is 13.0. The van der Waals surface area contributed by atoms with Crippen LogP contribution in [0.15, 0.2) is 22.9 Å². The quantitative estimate of drug-likeness (QED) is 0.790. The third kappa shape index (κ3) is 2.66. The average molecular weight is 327 g/mol. The average Bonchev–Trinajstić information content (AvgIpc) is 2.87. The van der Waals surface area contributed by atoms with Gasteiger partial charge in [0.05, 0.1) is 18.8 Å². The van der Waals surface area contributed by atoms with E-state index in [4.69, 9.17) is 9.47 Å². The van der Waals surface area contributed by atoms with Gasteiger partial charge in [-0.1, -0.05) is 0 Å². The monoisotopic (exact) mass is 326 g/mol. The fourth-order valence-electron chi connectivity index (χ4n) is 2.55. The highest BCUT2D eigenvalue weighted by Crippen LogP contribution is 2.31. The van der Waals surface area contributed by atoms with E-state index in [1.165, 1.54) is 0 Å². The molecular formula is C13H15BrN2O3. The Bertz CT molecular complexity index is 479. The minimum atomic E-state index is -0.438. The second-order valence-electron chi connectivity index (χ2n) is 4.79. The van der Waals surface area contributed by atoms with E-state index in [0.29, 0.717) is 31.9 Å². The molecule has 102 valence electrons. The van der Waals surface area contributed by atoms with Crippen molar-refractivity contribution >= 4 is 21.8 Å². The first-order valence-corrected chi connectivity index (χ1v) is 7.16. The Labute approximate surface area is 120 Å². The molecule has 0 radical (unpaired) electrons. The number of ether oxygens (including phenoxy) is 2. The zero-order valence-corrected chi connectivity index (χ0v) is 12.1. The summed E-state index contributed by atoms with van der Waals surface area (Å²) in [5.41, 5.74) is 0.610. The SMILES string of the molecule is O=C(c1cncc(Br)c1)N1CCC2(CC1)OCCO2. The van der Waals surface area contributed by atoms with Gasteiger partial charge in [0.25, 0.3) is 5.91 Å². The van der Waals surface area contributed by atoms with Crippen molar-refractivity contribution in [1.82, 2.24) is 9.88 Å². The lowest BCUT2D eigenvalue weighted by Crippen LogP contribution is -2.47. The lowest BCUT2D eigenvalue weighted by Gasteiger charge is -2.37. The number of hydrogen-bond donors (Lipinski definition) is 0. The number of piperidine rings is 1. The molecule has 2 fully saturated rings. The number of carbonyl (C=O) groups excluding carboxylic acids is 1. The van der Waals surface area contributed by atoms with Crippen LogP contribution < -0.4 is 0 Å². The van der Waals surface area contributed by atoms with Crippen LogP contribution in [0.25, 0.3) is 0 Å². The molecule has 1 aromatic heterocycles. The van der Waals surface area contributed by atoms with Crippen molar-refractivity contribution in [2.24, 2.45) is 0 Å². The van der Waals surface area contributed by atoms with Crippen LogP contribution in [0.2, 0.25) is 0 Å². The van der Waals surface area contributed by atoms with Gasteiger partial charge in [-0.25, -0.2) is 0 Å². The summed E-state index contributed by atoms with van der Waals surface area (Å²) in [7, 11) is 0. The molecule has 5 nitrogen and oxygen atoms in total. The second kappa shape index (κ2) is 5.19. The van der Waals surface area contributed by atoms with Gasteiger partial charge in [0, 0.05) is 42.8 Å². The van der Waals surface area contributed by atoms with E-state index in [-0.39, 0.29) is 5.91 Å². The number of likely N-dealkylation sites (tertiary alicyclic amines) is 1. The second-order valence-corrected chi connectivity index (χ2v) is 5.71. The van der Waals surface area contributed by atoms with Crippen LogP contribution >= 0.6 is 15.9 Å². The number of aromatic nitrogens is 1. The fraction of sp³-hybridized carbons (Fsp3) is 0.538. The maximum absolute atomic E-state index is 12.3. The number of amides is 1. The van der Waals surface area contributed by atoms with Gasteiger partial charge >= 0.3 is 0 Å². The molecule has 0 bridgehead atoms. The van der Waals surface area contributed by atoms with Crippen LogP contribution in [0, 0.1) is 0 Å². The summed E-state index contributed by atoms with van der Waals surface area (Å²) in [6.45, 7) is 2.63. The van der Waals surface area contributed by atoms with Gasteiger partial charge in [-0.05, 0) is 22.0 Å². The zero-order valence-electron chi connectivity index (χ0n) is 10.5. The smallest absolute Gasteiger partial charge is 0.255 e. The number of carbonyl (C=O) groups is 1. The lowest BCUT2D eigenvalue weighted by molar-refractivity contribution is -0.181. The molecule has 1 amide bonds. The number of nitrogens with zero attached hydrogens (tertiary/aromatic N) is 2. The Morgan fingerprint density at radius 2 is 1.95 bits per heavy atom. The first-order chi connectivity index (χ1) is 9.19. The predicted octanol–water partition coefficient (Wildman–Crippen LogP) is 1.82. The minimum absolute atomic E-state index is 0.0154. The van der Waals surface area contributed by atoms with Gasteiger partial charge in [0.1, 0.15) is 0 Å². The largest absolute Gasteiger partial charge is 0.347 e. The number of hydrogen-bond acceptors (Lipinski definition) is 4. The summed E-state index contributed by atoms with van der Waals surface area (Å²) in [5, 5.41) is 0. The van der Waals surface area contributed by atoms with Crippen molar-refractivity contribution in [3.8, 4) is 0 Å². The summed E-state index contributed by atoms with van der Waals surface area (Å²) in [6, 6.07) is 1.79. The van der Waals surface area contributed by atoms with Gasteiger partial charge in [-0.15, -0.1) is 0 Å². The molecule has 1 aromatic rings. The molecular weight excluding hydrogens is 312 g/mol. The molecule has 1 spiro atoms. The molecule has 3 rings (SSSR count). The van der Waals surface area contributed by atoms with Crippen molar-refractivity contribution in [2.45, 2.75) is 18.6 Å². The summed E-state index contributed by atoms with van der Waals surface area (Å²) < 4.78 is 12.1. The zero-order chi connectivity index (χ0) is 13.3. The molecule has 0 aliphatic carbocycles. The Kier molecular flexibility index (Phi) is 3.56. The van der Waals surface area contributed by atoms with Gasteiger partial charge in [0.15, 0.2) is 5.79 Å². The van der Waals surface area contributed by atoms with E-state index in [2.05, 4.69) is 20.9 Å². The van der Waals surface area contributed by atoms with Crippen LogP contribution in [-0.2, 0) is 9.47 Å². The number of halogens is 1. The third-order valence-electron chi connectivity index (χ3n) is 3.58. The molecule has 0 N–H and O–H groups in total. The van der Waals surface area contributed by atoms with Crippen LogP contribution in [0.1, 0.15) is 23.2 Å². The maximum atomic E-state index is 12.3. The Hall–Kier alpha value is -0.980. The normalized spacial score (nSPS) is 21.8. The molecule has 0 unspecified atom stereocenters. The third-order valence-corrected chi connectivity index (χ3v) is 4.01. The van der Waals surface area contributed by atoms with Gasteiger partial charge in [-0.2, -0.15) is 0 Å². The van der Waals surface area contributed by atoms with Crippen molar-refractivity contribution in [2.75, 3.05) is 26.3 Å². The highest BCUT2D eigenvalue weighted by molar-refractivity contribution is 9.10. The molecule has 0 atom stereocenters. The molecule has 2 saturated heterocycles. The van der Waals surface area contributed by atoms with E-state index in [0.717, 1.165) is 17.3 Å². The maximum Gasteiger partial charge on any atom is 0.255 e. The molecule has 3 heterocycles. The topological polar surface area (TPSA) is 51.7 Å². The Morgan fingerprint density at radius 1 is 1.26 bits per heavy atom. The van der Waals surface area contributed by atoms with Gasteiger partial charge < -0.3 is 14.4 Å². The van der Waals surface area contributed by atoms with E-state index in [1.54, 1.807) is 18.5 Å².